The molecule has 0 radical (unpaired) electrons. The number of nitrogens with zero attached hydrogens (tertiary/aromatic N) is 2. The molecule has 4 rings (SSSR count). The Balaban J connectivity index is 1.69. The Morgan fingerprint density at radius 2 is 1.53 bits per heavy atom. The van der Waals surface area contributed by atoms with E-state index in [1.54, 1.807) is 26.4 Å². The lowest BCUT2D eigenvalue weighted by molar-refractivity contribution is 0.405. The zero-order chi connectivity index (χ0) is 20.9. The van der Waals surface area contributed by atoms with Crippen LogP contribution >= 0.6 is 0 Å². The standard InChI is InChI=1S/C25H23FN2O2/c1-29-24-9-5-3-7-18(24)11-14-20-17-23(22-8-4-6-10-25(22)30-2)28(27-20)21-15-12-19(26)13-16-21/h3-16,23H,17H2,1-2H3/t23-/m1/s1. The predicted molar refractivity (Wildman–Crippen MR) is 119 cm³/mol. The van der Waals surface area contributed by atoms with Crippen LogP contribution < -0.4 is 14.5 Å². The van der Waals surface area contributed by atoms with Crippen LogP contribution in [0.4, 0.5) is 10.1 Å². The zero-order valence-corrected chi connectivity index (χ0v) is 17.0. The average molecular weight is 402 g/mol. The molecule has 0 aromatic heterocycles. The lowest BCUT2D eigenvalue weighted by atomic mass is 9.99. The molecule has 3 aromatic carbocycles. The maximum absolute atomic E-state index is 13.5. The molecule has 0 saturated heterocycles. The summed E-state index contributed by atoms with van der Waals surface area (Å²) in [5.74, 6) is 1.34. The minimum atomic E-state index is -0.271. The van der Waals surface area contributed by atoms with Crippen LogP contribution in [0.25, 0.3) is 6.08 Å². The molecule has 1 atom stereocenters. The molecule has 5 heteroatoms. The van der Waals surface area contributed by atoms with E-state index >= 15 is 0 Å². The molecule has 4 nitrogen and oxygen atoms in total. The van der Waals surface area contributed by atoms with Crippen molar-refractivity contribution in [3.63, 3.8) is 0 Å². The third-order valence-corrected chi connectivity index (χ3v) is 5.12. The largest absolute Gasteiger partial charge is 0.496 e. The Hall–Kier alpha value is -3.60. The van der Waals surface area contributed by atoms with Gasteiger partial charge in [-0.1, -0.05) is 36.4 Å². The van der Waals surface area contributed by atoms with E-state index in [-0.39, 0.29) is 11.9 Å². The summed E-state index contributed by atoms with van der Waals surface area (Å²) in [5.41, 5.74) is 3.76. The molecular formula is C25H23FN2O2. The summed E-state index contributed by atoms with van der Waals surface area (Å²) in [7, 11) is 3.33. The normalized spacial score (nSPS) is 16.0. The van der Waals surface area contributed by atoms with Crippen LogP contribution in [-0.2, 0) is 0 Å². The highest BCUT2D eigenvalue weighted by molar-refractivity contribution is 6.01. The predicted octanol–water partition coefficient (Wildman–Crippen LogP) is 5.86. The molecule has 0 N–H and O–H groups in total. The van der Waals surface area contributed by atoms with Gasteiger partial charge in [0.25, 0.3) is 0 Å². The fraction of sp³-hybridized carbons (Fsp3) is 0.160. The van der Waals surface area contributed by atoms with E-state index in [0.717, 1.165) is 34.0 Å². The minimum absolute atomic E-state index is 0.0519. The Morgan fingerprint density at radius 1 is 0.867 bits per heavy atom. The van der Waals surface area contributed by atoms with Crippen LogP contribution in [0.5, 0.6) is 11.5 Å². The second-order valence-electron chi connectivity index (χ2n) is 6.95. The second-order valence-corrected chi connectivity index (χ2v) is 6.95. The molecule has 0 unspecified atom stereocenters. The first kappa shape index (κ1) is 19.7. The SMILES string of the molecule is COc1ccccc1C=CC1=NN(c2ccc(F)cc2)[C@@H](c2ccccc2OC)C1. The van der Waals surface area contributed by atoms with Crippen LogP contribution in [0.2, 0.25) is 0 Å². The number of rotatable bonds is 6. The highest BCUT2D eigenvalue weighted by atomic mass is 19.1. The lowest BCUT2D eigenvalue weighted by Gasteiger charge is -2.25. The van der Waals surface area contributed by atoms with Crippen LogP contribution in [-0.4, -0.2) is 19.9 Å². The molecule has 0 aliphatic carbocycles. The number of ether oxygens (including phenoxy) is 2. The van der Waals surface area contributed by atoms with Gasteiger partial charge >= 0.3 is 0 Å². The fourth-order valence-corrected chi connectivity index (χ4v) is 3.64. The summed E-state index contributed by atoms with van der Waals surface area (Å²) in [6.45, 7) is 0. The third-order valence-electron chi connectivity index (χ3n) is 5.12. The minimum Gasteiger partial charge on any atom is -0.496 e. The molecule has 0 fully saturated rings. The highest BCUT2D eigenvalue weighted by Gasteiger charge is 2.30. The van der Waals surface area contributed by atoms with Crippen LogP contribution in [0.1, 0.15) is 23.6 Å². The van der Waals surface area contributed by atoms with Gasteiger partial charge in [-0.25, -0.2) is 4.39 Å². The second kappa shape index (κ2) is 8.82. The van der Waals surface area contributed by atoms with E-state index in [0.29, 0.717) is 6.42 Å². The van der Waals surface area contributed by atoms with Crippen molar-refractivity contribution in [1.29, 1.82) is 0 Å². The lowest BCUT2D eigenvalue weighted by Crippen LogP contribution is -2.19. The van der Waals surface area contributed by atoms with Gasteiger partial charge in [0, 0.05) is 17.5 Å². The number of hydrogen-bond donors (Lipinski definition) is 0. The number of hydrazone groups is 1. The van der Waals surface area contributed by atoms with Gasteiger partial charge in [-0.15, -0.1) is 0 Å². The number of para-hydroxylation sites is 2. The summed E-state index contributed by atoms with van der Waals surface area (Å²) >= 11 is 0. The van der Waals surface area contributed by atoms with Gasteiger partial charge in [0.15, 0.2) is 0 Å². The molecule has 0 saturated carbocycles. The van der Waals surface area contributed by atoms with E-state index in [9.17, 15) is 4.39 Å². The zero-order valence-electron chi connectivity index (χ0n) is 17.0. The number of benzene rings is 3. The molecule has 1 aliphatic rings. The molecule has 0 bridgehead atoms. The fourth-order valence-electron chi connectivity index (χ4n) is 3.64. The van der Waals surface area contributed by atoms with Crippen LogP contribution in [0.3, 0.4) is 0 Å². The first-order valence-corrected chi connectivity index (χ1v) is 9.76. The van der Waals surface area contributed by atoms with Crippen molar-refractivity contribution in [3.8, 4) is 11.5 Å². The number of hydrogen-bond acceptors (Lipinski definition) is 4. The molecule has 3 aromatic rings. The molecule has 0 spiro atoms. The first-order valence-electron chi connectivity index (χ1n) is 9.76. The monoisotopic (exact) mass is 402 g/mol. The van der Waals surface area contributed by atoms with Gasteiger partial charge in [-0.3, -0.25) is 5.01 Å². The molecule has 1 heterocycles. The van der Waals surface area contributed by atoms with Gasteiger partial charge in [0.1, 0.15) is 17.3 Å². The number of anilines is 1. The summed E-state index contributed by atoms with van der Waals surface area (Å²) in [6, 6.07) is 22.1. The molecule has 0 amide bonds. The van der Waals surface area contributed by atoms with Crippen molar-refractivity contribution < 1.29 is 13.9 Å². The number of halogens is 1. The van der Waals surface area contributed by atoms with E-state index in [2.05, 4.69) is 0 Å². The topological polar surface area (TPSA) is 34.1 Å². The van der Waals surface area contributed by atoms with E-state index in [4.69, 9.17) is 14.6 Å². The molecule has 1 aliphatic heterocycles. The smallest absolute Gasteiger partial charge is 0.126 e. The summed E-state index contributed by atoms with van der Waals surface area (Å²) in [5, 5.41) is 6.77. The van der Waals surface area contributed by atoms with Crippen molar-refractivity contribution in [2.24, 2.45) is 5.10 Å². The van der Waals surface area contributed by atoms with Crippen molar-refractivity contribution >= 4 is 17.5 Å². The molecule has 30 heavy (non-hydrogen) atoms. The van der Waals surface area contributed by atoms with E-state index in [1.165, 1.54) is 12.1 Å². The van der Waals surface area contributed by atoms with Crippen molar-refractivity contribution in [1.82, 2.24) is 0 Å². The van der Waals surface area contributed by atoms with E-state index in [1.807, 2.05) is 65.7 Å². The molecular weight excluding hydrogens is 379 g/mol. The van der Waals surface area contributed by atoms with Gasteiger partial charge in [0.2, 0.25) is 0 Å². The quantitative estimate of drug-likeness (QED) is 0.518. The average Bonchev–Trinajstić information content (AvgIpc) is 3.22. The Bertz CT molecular complexity index is 1080. The first-order chi connectivity index (χ1) is 14.7. The maximum Gasteiger partial charge on any atom is 0.126 e. The number of allylic oxidation sites excluding steroid dienone is 1. The van der Waals surface area contributed by atoms with Gasteiger partial charge < -0.3 is 9.47 Å². The van der Waals surface area contributed by atoms with E-state index < -0.39 is 0 Å². The summed E-state index contributed by atoms with van der Waals surface area (Å²) in [6.07, 6.45) is 4.71. The number of methoxy groups -OCH3 is 2. The van der Waals surface area contributed by atoms with Gasteiger partial charge in [-0.2, -0.15) is 5.10 Å². The Kier molecular flexibility index (Phi) is 5.80. The summed E-state index contributed by atoms with van der Waals surface area (Å²) in [4.78, 5) is 0. The summed E-state index contributed by atoms with van der Waals surface area (Å²) < 4.78 is 24.5. The Morgan fingerprint density at radius 3 is 2.27 bits per heavy atom. The van der Waals surface area contributed by atoms with Gasteiger partial charge in [-0.05, 0) is 48.6 Å². The van der Waals surface area contributed by atoms with Crippen molar-refractivity contribution in [2.45, 2.75) is 12.5 Å². The Labute approximate surface area is 175 Å². The van der Waals surface area contributed by atoms with Crippen LogP contribution in [0, 0.1) is 5.82 Å². The van der Waals surface area contributed by atoms with Crippen LogP contribution in [0.15, 0.2) is 84.0 Å². The van der Waals surface area contributed by atoms with Crippen molar-refractivity contribution in [2.75, 3.05) is 19.2 Å². The molecule has 152 valence electrons. The third kappa shape index (κ3) is 4.06. The van der Waals surface area contributed by atoms with Crippen molar-refractivity contribution in [3.05, 3.63) is 95.8 Å². The maximum atomic E-state index is 13.5. The van der Waals surface area contributed by atoms with Gasteiger partial charge in [0.05, 0.1) is 31.7 Å². The highest BCUT2D eigenvalue weighted by Crippen LogP contribution is 2.39.